The third-order valence-corrected chi connectivity index (χ3v) is 3.18. The molecule has 0 heterocycles. The van der Waals surface area contributed by atoms with Gasteiger partial charge < -0.3 is 10.5 Å². The van der Waals surface area contributed by atoms with Crippen molar-refractivity contribution in [1.82, 2.24) is 0 Å². The normalized spacial score (nSPS) is 10.4. The lowest BCUT2D eigenvalue weighted by molar-refractivity contribution is 0.303. The zero-order valence-electron chi connectivity index (χ0n) is 11.5. The maximum absolute atomic E-state index is 13.1. The first-order chi connectivity index (χ1) is 9.15. The van der Waals surface area contributed by atoms with Gasteiger partial charge >= 0.3 is 0 Å². The molecule has 0 spiro atoms. The summed E-state index contributed by atoms with van der Waals surface area (Å²) in [6, 6.07) is 4.26. The number of hydrogen-bond donors (Lipinski definition) is 1. The van der Waals surface area contributed by atoms with Crippen LogP contribution in [0.4, 0.5) is 4.39 Å². The number of thiocarbonyl (C=S) groups is 1. The fraction of sp³-hybridized carbons (Fsp3) is 0.533. The molecule has 0 atom stereocenters. The van der Waals surface area contributed by atoms with Crippen LogP contribution in [0.3, 0.4) is 0 Å². The van der Waals surface area contributed by atoms with E-state index in [9.17, 15) is 4.39 Å². The van der Waals surface area contributed by atoms with Gasteiger partial charge in [0.25, 0.3) is 0 Å². The molecule has 0 aromatic heterocycles. The molecule has 0 aliphatic carbocycles. The summed E-state index contributed by atoms with van der Waals surface area (Å²) < 4.78 is 18.7. The van der Waals surface area contributed by atoms with E-state index < -0.39 is 0 Å². The minimum absolute atomic E-state index is 0.164. The number of nitrogens with two attached hydrogens (primary N) is 1. The molecular weight excluding hydrogens is 261 g/mol. The molecule has 0 aliphatic heterocycles. The molecule has 1 aromatic carbocycles. The van der Waals surface area contributed by atoms with Crippen LogP contribution in [-0.2, 0) is 0 Å². The highest BCUT2D eigenvalue weighted by molar-refractivity contribution is 7.80. The molecule has 2 N–H and O–H groups in total. The van der Waals surface area contributed by atoms with Crippen molar-refractivity contribution in [1.29, 1.82) is 0 Å². The predicted octanol–water partition coefficient (Wildman–Crippen LogP) is 4.20. The average molecular weight is 283 g/mol. The molecule has 106 valence electrons. The molecular formula is C15H22FNOS. The molecule has 1 aromatic rings. The molecule has 0 aliphatic rings. The van der Waals surface area contributed by atoms with Crippen LogP contribution >= 0.6 is 12.2 Å². The van der Waals surface area contributed by atoms with Crippen molar-refractivity contribution in [2.24, 2.45) is 5.73 Å². The minimum atomic E-state index is -0.352. The standard InChI is InChI=1S/C15H22FNOS/c1-2-3-4-5-6-7-10-18-14-9-8-12(16)11-13(14)15(17)19/h8-9,11H,2-7,10H2,1H3,(H2,17,19). The Labute approximate surface area is 120 Å². The summed E-state index contributed by atoms with van der Waals surface area (Å²) in [6.07, 6.45) is 7.23. The van der Waals surface area contributed by atoms with Crippen LogP contribution in [0.5, 0.6) is 5.75 Å². The molecule has 0 unspecified atom stereocenters. The Morgan fingerprint density at radius 1 is 1.21 bits per heavy atom. The zero-order chi connectivity index (χ0) is 14.1. The van der Waals surface area contributed by atoms with Crippen molar-refractivity contribution in [2.75, 3.05) is 6.61 Å². The van der Waals surface area contributed by atoms with Crippen LogP contribution in [0.15, 0.2) is 18.2 Å². The number of unbranched alkanes of at least 4 members (excludes halogenated alkanes) is 5. The second kappa shape index (κ2) is 8.86. The van der Waals surface area contributed by atoms with E-state index in [-0.39, 0.29) is 10.8 Å². The predicted molar refractivity (Wildman–Crippen MR) is 81.2 cm³/mol. The SMILES string of the molecule is CCCCCCCCOc1ccc(F)cc1C(N)=S. The van der Waals surface area contributed by atoms with Crippen LogP contribution in [-0.4, -0.2) is 11.6 Å². The minimum Gasteiger partial charge on any atom is -0.493 e. The van der Waals surface area contributed by atoms with E-state index in [1.54, 1.807) is 6.07 Å². The Morgan fingerprint density at radius 2 is 1.89 bits per heavy atom. The first-order valence-corrected chi connectivity index (χ1v) is 7.28. The number of hydrogen-bond acceptors (Lipinski definition) is 2. The maximum atomic E-state index is 13.1. The monoisotopic (exact) mass is 283 g/mol. The van der Waals surface area contributed by atoms with Crippen molar-refractivity contribution in [2.45, 2.75) is 45.4 Å². The van der Waals surface area contributed by atoms with Crippen LogP contribution < -0.4 is 10.5 Å². The summed E-state index contributed by atoms with van der Waals surface area (Å²) >= 11 is 4.89. The van der Waals surface area contributed by atoms with E-state index in [0.29, 0.717) is 17.9 Å². The van der Waals surface area contributed by atoms with Crippen LogP contribution in [0.2, 0.25) is 0 Å². The first-order valence-electron chi connectivity index (χ1n) is 6.87. The number of rotatable bonds is 9. The van der Waals surface area contributed by atoms with Gasteiger partial charge in [-0.1, -0.05) is 51.2 Å². The molecule has 0 radical (unpaired) electrons. The van der Waals surface area contributed by atoms with Crippen LogP contribution in [0.1, 0.15) is 51.0 Å². The van der Waals surface area contributed by atoms with Crippen molar-refractivity contribution < 1.29 is 9.13 Å². The van der Waals surface area contributed by atoms with Gasteiger partial charge in [0.1, 0.15) is 16.6 Å². The molecule has 0 fully saturated rings. The smallest absolute Gasteiger partial charge is 0.129 e. The molecule has 1 rings (SSSR count). The Hall–Kier alpha value is -1.16. The van der Waals surface area contributed by atoms with Gasteiger partial charge in [-0.05, 0) is 24.6 Å². The van der Waals surface area contributed by atoms with Crippen molar-refractivity contribution in [3.05, 3.63) is 29.6 Å². The Bertz CT molecular complexity index is 409. The topological polar surface area (TPSA) is 35.2 Å². The van der Waals surface area contributed by atoms with Crippen LogP contribution in [0.25, 0.3) is 0 Å². The highest BCUT2D eigenvalue weighted by Gasteiger charge is 2.07. The van der Waals surface area contributed by atoms with Gasteiger partial charge in [-0.2, -0.15) is 0 Å². The molecule has 0 amide bonds. The molecule has 2 nitrogen and oxygen atoms in total. The lowest BCUT2D eigenvalue weighted by Crippen LogP contribution is -2.12. The molecule has 0 saturated heterocycles. The fourth-order valence-electron chi connectivity index (χ4n) is 1.89. The van der Waals surface area contributed by atoms with Crippen molar-refractivity contribution >= 4 is 17.2 Å². The van der Waals surface area contributed by atoms with Gasteiger partial charge in [-0.15, -0.1) is 0 Å². The van der Waals surface area contributed by atoms with E-state index in [1.165, 1.54) is 37.8 Å². The summed E-state index contributed by atoms with van der Waals surface area (Å²) in [4.78, 5) is 0.164. The summed E-state index contributed by atoms with van der Waals surface area (Å²) in [6.45, 7) is 2.82. The number of ether oxygens (including phenoxy) is 1. The quantitative estimate of drug-likeness (QED) is 0.545. The van der Waals surface area contributed by atoms with Crippen molar-refractivity contribution in [3.63, 3.8) is 0 Å². The zero-order valence-corrected chi connectivity index (χ0v) is 12.3. The highest BCUT2D eigenvalue weighted by atomic mass is 32.1. The van der Waals surface area contributed by atoms with E-state index in [2.05, 4.69) is 6.92 Å². The van der Waals surface area contributed by atoms with E-state index >= 15 is 0 Å². The van der Waals surface area contributed by atoms with Gasteiger partial charge in [0.05, 0.1) is 12.2 Å². The fourth-order valence-corrected chi connectivity index (χ4v) is 2.04. The van der Waals surface area contributed by atoms with Crippen LogP contribution in [0, 0.1) is 5.82 Å². The molecule has 19 heavy (non-hydrogen) atoms. The van der Waals surface area contributed by atoms with Gasteiger partial charge in [-0.25, -0.2) is 4.39 Å². The van der Waals surface area contributed by atoms with Crippen molar-refractivity contribution in [3.8, 4) is 5.75 Å². The largest absolute Gasteiger partial charge is 0.493 e. The summed E-state index contributed by atoms with van der Waals surface area (Å²) in [7, 11) is 0. The summed E-state index contributed by atoms with van der Waals surface area (Å²) in [5.41, 5.74) is 6.03. The van der Waals surface area contributed by atoms with Gasteiger partial charge in [-0.3, -0.25) is 0 Å². The van der Waals surface area contributed by atoms with E-state index in [0.717, 1.165) is 12.8 Å². The highest BCUT2D eigenvalue weighted by Crippen LogP contribution is 2.20. The Morgan fingerprint density at radius 3 is 2.58 bits per heavy atom. The maximum Gasteiger partial charge on any atom is 0.129 e. The Kier molecular flexibility index (Phi) is 7.41. The summed E-state index contributed by atoms with van der Waals surface area (Å²) in [5, 5.41) is 0. The van der Waals surface area contributed by atoms with E-state index in [4.69, 9.17) is 22.7 Å². The van der Waals surface area contributed by atoms with Gasteiger partial charge in [0.2, 0.25) is 0 Å². The second-order valence-corrected chi connectivity index (χ2v) is 5.06. The third kappa shape index (κ3) is 6.01. The second-order valence-electron chi connectivity index (χ2n) is 4.62. The average Bonchev–Trinajstić information content (AvgIpc) is 2.39. The molecule has 4 heteroatoms. The first kappa shape index (κ1) is 15.9. The van der Waals surface area contributed by atoms with Gasteiger partial charge in [0.15, 0.2) is 0 Å². The van der Waals surface area contributed by atoms with Gasteiger partial charge in [0, 0.05) is 0 Å². The Balaban J connectivity index is 2.35. The third-order valence-electron chi connectivity index (χ3n) is 2.96. The van der Waals surface area contributed by atoms with E-state index in [1.807, 2.05) is 0 Å². The lowest BCUT2D eigenvalue weighted by Gasteiger charge is -2.10. The number of benzene rings is 1. The molecule has 0 saturated carbocycles. The summed E-state index contributed by atoms with van der Waals surface area (Å²) in [5.74, 6) is 0.220. The molecule has 0 bridgehead atoms. The lowest BCUT2D eigenvalue weighted by atomic mass is 10.1. The number of halogens is 1.